The first-order valence-corrected chi connectivity index (χ1v) is 4.77. The van der Waals surface area contributed by atoms with Crippen LogP contribution in [-0.2, 0) is 14.3 Å². The quantitative estimate of drug-likeness (QED) is 0.749. The van der Waals surface area contributed by atoms with Crippen molar-refractivity contribution in [3.8, 4) is 0 Å². The molecule has 0 radical (unpaired) electrons. The number of hydrogen-bond donors (Lipinski definition) is 2. The van der Waals surface area contributed by atoms with Gasteiger partial charge < -0.3 is 14.9 Å². The van der Waals surface area contributed by atoms with Gasteiger partial charge >= 0.3 is 11.9 Å². The van der Waals surface area contributed by atoms with Crippen molar-refractivity contribution in [2.75, 3.05) is 13.7 Å². The lowest BCUT2D eigenvalue weighted by Crippen LogP contribution is -2.36. The second-order valence-corrected chi connectivity index (χ2v) is 3.93. The molecular formula is C11H14O5. The number of methoxy groups -OCH3 is 1. The third-order valence-corrected chi connectivity index (χ3v) is 2.51. The third-order valence-electron chi connectivity index (χ3n) is 2.51. The van der Waals surface area contributed by atoms with Crippen LogP contribution in [-0.4, -0.2) is 35.9 Å². The van der Waals surface area contributed by atoms with Gasteiger partial charge in [0, 0.05) is 19.1 Å². The number of carbonyl (C=O) groups is 2. The van der Waals surface area contributed by atoms with E-state index < -0.39 is 17.4 Å². The first kappa shape index (κ1) is 12.4. The summed E-state index contributed by atoms with van der Waals surface area (Å²) >= 11 is 0. The molecule has 1 rings (SSSR count). The largest absolute Gasteiger partial charge is 0.481 e. The number of carboxylic acids is 2. The van der Waals surface area contributed by atoms with Gasteiger partial charge in [0.25, 0.3) is 0 Å². The molecule has 0 fully saturated rings. The molecule has 0 bridgehead atoms. The van der Waals surface area contributed by atoms with E-state index in [2.05, 4.69) is 0 Å². The Morgan fingerprint density at radius 2 is 2.12 bits per heavy atom. The van der Waals surface area contributed by atoms with Crippen molar-refractivity contribution in [2.45, 2.75) is 13.3 Å². The van der Waals surface area contributed by atoms with Crippen molar-refractivity contribution in [2.24, 2.45) is 5.41 Å². The van der Waals surface area contributed by atoms with Gasteiger partial charge in [-0.2, -0.15) is 0 Å². The van der Waals surface area contributed by atoms with Crippen molar-refractivity contribution in [3.05, 3.63) is 23.3 Å². The molecule has 0 aromatic heterocycles. The fraction of sp³-hybridized carbons (Fsp3) is 0.455. The van der Waals surface area contributed by atoms with Crippen LogP contribution >= 0.6 is 0 Å². The molecule has 0 amide bonds. The first-order valence-electron chi connectivity index (χ1n) is 4.77. The van der Waals surface area contributed by atoms with E-state index in [9.17, 15) is 14.7 Å². The molecular weight excluding hydrogens is 212 g/mol. The summed E-state index contributed by atoms with van der Waals surface area (Å²) in [4.78, 5) is 22.1. The van der Waals surface area contributed by atoms with E-state index in [1.807, 2.05) is 0 Å². The monoisotopic (exact) mass is 226 g/mol. The van der Waals surface area contributed by atoms with Gasteiger partial charge in [-0.05, 0) is 13.0 Å². The summed E-state index contributed by atoms with van der Waals surface area (Å²) in [5, 5.41) is 18.1. The number of hydrogen-bond acceptors (Lipinski definition) is 3. The molecule has 1 unspecified atom stereocenters. The third kappa shape index (κ3) is 2.30. The molecule has 0 saturated heterocycles. The maximum atomic E-state index is 11.2. The van der Waals surface area contributed by atoms with Crippen molar-refractivity contribution >= 4 is 11.9 Å². The molecule has 0 saturated carbocycles. The van der Waals surface area contributed by atoms with Gasteiger partial charge in [0.1, 0.15) is 5.41 Å². The lowest BCUT2D eigenvalue weighted by atomic mass is 9.77. The Bertz CT molecular complexity index is 380. The second-order valence-electron chi connectivity index (χ2n) is 3.93. The van der Waals surface area contributed by atoms with Gasteiger partial charge in [0.15, 0.2) is 0 Å². The van der Waals surface area contributed by atoms with Crippen molar-refractivity contribution < 1.29 is 24.5 Å². The fourth-order valence-corrected chi connectivity index (χ4v) is 1.88. The number of aliphatic carboxylic acids is 2. The Balaban J connectivity index is 3.12. The van der Waals surface area contributed by atoms with E-state index >= 15 is 0 Å². The maximum absolute atomic E-state index is 11.2. The molecule has 16 heavy (non-hydrogen) atoms. The highest BCUT2D eigenvalue weighted by Gasteiger charge is 2.40. The van der Waals surface area contributed by atoms with E-state index in [-0.39, 0.29) is 18.6 Å². The minimum Gasteiger partial charge on any atom is -0.481 e. The predicted octanol–water partition coefficient (Wildman–Crippen LogP) is 1.06. The van der Waals surface area contributed by atoms with Gasteiger partial charge in [-0.15, -0.1) is 0 Å². The fourth-order valence-electron chi connectivity index (χ4n) is 1.88. The Hall–Kier alpha value is -1.62. The highest BCUT2D eigenvalue weighted by atomic mass is 16.5. The van der Waals surface area contributed by atoms with E-state index in [0.29, 0.717) is 5.57 Å². The lowest BCUT2D eigenvalue weighted by molar-refractivity contribution is -0.149. The number of carboxylic acid groups (broad SMARTS) is 2. The normalized spacial score (nSPS) is 24.6. The summed E-state index contributed by atoms with van der Waals surface area (Å²) in [6, 6.07) is 0. The summed E-state index contributed by atoms with van der Waals surface area (Å²) in [5.74, 6) is -2.16. The second kappa shape index (κ2) is 4.49. The van der Waals surface area contributed by atoms with Crippen LogP contribution in [0.3, 0.4) is 0 Å². The van der Waals surface area contributed by atoms with E-state index in [0.717, 1.165) is 0 Å². The van der Waals surface area contributed by atoms with Gasteiger partial charge in [-0.1, -0.05) is 11.6 Å². The molecule has 0 aromatic carbocycles. The van der Waals surface area contributed by atoms with Crippen LogP contribution in [0.25, 0.3) is 0 Å². The Kier molecular flexibility index (Phi) is 3.49. The average Bonchev–Trinajstić information content (AvgIpc) is 2.16. The van der Waals surface area contributed by atoms with Crippen LogP contribution in [0.4, 0.5) is 0 Å². The van der Waals surface area contributed by atoms with E-state index in [1.54, 1.807) is 13.0 Å². The smallest absolute Gasteiger partial charge is 0.331 e. The summed E-state index contributed by atoms with van der Waals surface area (Å²) in [6.45, 7) is 1.64. The van der Waals surface area contributed by atoms with Crippen LogP contribution in [0.15, 0.2) is 23.3 Å². The molecule has 88 valence electrons. The van der Waals surface area contributed by atoms with Gasteiger partial charge in [0.2, 0.25) is 0 Å². The molecule has 5 nitrogen and oxygen atoms in total. The molecule has 2 N–H and O–H groups in total. The average molecular weight is 226 g/mol. The zero-order valence-electron chi connectivity index (χ0n) is 9.19. The van der Waals surface area contributed by atoms with Crippen molar-refractivity contribution in [3.63, 3.8) is 0 Å². The predicted molar refractivity (Wildman–Crippen MR) is 56.0 cm³/mol. The van der Waals surface area contributed by atoms with Crippen molar-refractivity contribution in [1.82, 2.24) is 0 Å². The topological polar surface area (TPSA) is 83.8 Å². The number of ether oxygens (including phenoxy) is 1. The van der Waals surface area contributed by atoms with Gasteiger partial charge in [-0.25, -0.2) is 4.79 Å². The van der Waals surface area contributed by atoms with Crippen LogP contribution < -0.4 is 0 Å². The molecule has 1 atom stereocenters. The van der Waals surface area contributed by atoms with Crippen LogP contribution in [0.2, 0.25) is 0 Å². The van der Waals surface area contributed by atoms with Crippen molar-refractivity contribution in [1.29, 1.82) is 0 Å². The number of allylic oxidation sites excluding steroid dienone is 2. The molecule has 0 spiro atoms. The maximum Gasteiger partial charge on any atom is 0.331 e. The Morgan fingerprint density at radius 1 is 1.50 bits per heavy atom. The minimum absolute atomic E-state index is 0.0374. The number of rotatable bonds is 4. The van der Waals surface area contributed by atoms with Crippen LogP contribution in [0, 0.1) is 5.41 Å². The zero-order valence-corrected chi connectivity index (χ0v) is 9.19. The molecule has 1 aliphatic carbocycles. The molecule has 5 heteroatoms. The molecule has 1 aliphatic rings. The summed E-state index contributed by atoms with van der Waals surface area (Å²) in [7, 11) is 1.40. The first-order chi connectivity index (χ1) is 7.41. The molecule has 0 aliphatic heterocycles. The minimum atomic E-state index is -1.26. The Labute approximate surface area is 93.0 Å². The highest BCUT2D eigenvalue weighted by Crippen LogP contribution is 2.35. The van der Waals surface area contributed by atoms with Gasteiger partial charge in [-0.3, -0.25) is 4.79 Å². The van der Waals surface area contributed by atoms with E-state index in [4.69, 9.17) is 9.84 Å². The summed E-state index contributed by atoms with van der Waals surface area (Å²) in [6.07, 6.45) is 2.98. The van der Waals surface area contributed by atoms with Gasteiger partial charge in [0.05, 0.1) is 6.61 Å². The SMILES string of the molecule is COCC1(C(=O)O)C=C(C)C=C(C(=O)O)C1. The lowest BCUT2D eigenvalue weighted by Gasteiger charge is -2.28. The van der Waals surface area contributed by atoms with E-state index in [1.165, 1.54) is 13.2 Å². The summed E-state index contributed by atoms with van der Waals surface area (Å²) < 4.78 is 4.88. The standard InChI is InChI=1S/C11H14O5/c1-7-3-8(9(12)13)5-11(4-7,6-16-2)10(14)15/h3-4H,5-6H2,1-2H3,(H,12,13)(H,14,15). The zero-order chi connectivity index (χ0) is 12.3. The molecule has 0 heterocycles. The van der Waals surface area contributed by atoms with Crippen LogP contribution in [0.5, 0.6) is 0 Å². The molecule has 0 aromatic rings. The highest BCUT2D eigenvalue weighted by molar-refractivity contribution is 5.90. The van der Waals surface area contributed by atoms with Crippen LogP contribution in [0.1, 0.15) is 13.3 Å². The summed E-state index contributed by atoms with van der Waals surface area (Å²) in [5.41, 5.74) is -0.538. The Morgan fingerprint density at radius 3 is 2.56 bits per heavy atom.